The van der Waals surface area contributed by atoms with E-state index >= 15 is 0 Å². The summed E-state index contributed by atoms with van der Waals surface area (Å²) < 4.78 is 6.33. The molecule has 1 saturated carbocycles. The molecule has 118 valence electrons. The first-order valence-electron chi connectivity index (χ1n) is 8.77. The number of rotatable bonds is 4. The third kappa shape index (κ3) is 2.62. The molecule has 1 fully saturated rings. The third-order valence-corrected chi connectivity index (χ3v) is 6.44. The fraction of sp³-hybridized carbons (Fsp3) is 0.667. The third-order valence-electron chi connectivity index (χ3n) is 5.24. The number of hydrogen-bond donors (Lipinski definition) is 0. The normalized spacial score (nSPS) is 24.6. The molecule has 4 rings (SSSR count). The van der Waals surface area contributed by atoms with E-state index in [0.29, 0.717) is 6.10 Å². The zero-order chi connectivity index (χ0) is 14.9. The van der Waals surface area contributed by atoms with Gasteiger partial charge in [0.2, 0.25) is 5.88 Å². The molecule has 0 spiro atoms. The van der Waals surface area contributed by atoms with Crippen LogP contribution >= 0.6 is 11.3 Å². The summed E-state index contributed by atoms with van der Waals surface area (Å²) in [6.45, 7) is 2.29. The summed E-state index contributed by atoms with van der Waals surface area (Å²) in [5.41, 5.74) is 1.47. The van der Waals surface area contributed by atoms with Crippen molar-refractivity contribution >= 4 is 21.6 Å². The van der Waals surface area contributed by atoms with Crippen LogP contribution in [0.1, 0.15) is 62.3 Å². The van der Waals surface area contributed by atoms with Crippen molar-refractivity contribution in [3.63, 3.8) is 0 Å². The summed E-state index contributed by atoms with van der Waals surface area (Å²) in [5, 5.41) is 1.22. The average molecular weight is 316 g/mol. The largest absolute Gasteiger partial charge is 0.474 e. The van der Waals surface area contributed by atoms with Crippen LogP contribution in [0.2, 0.25) is 0 Å². The van der Waals surface area contributed by atoms with Crippen molar-refractivity contribution in [1.29, 1.82) is 0 Å². The van der Waals surface area contributed by atoms with E-state index in [1.807, 2.05) is 11.3 Å². The fourth-order valence-corrected chi connectivity index (χ4v) is 5.31. The van der Waals surface area contributed by atoms with Crippen molar-refractivity contribution in [2.24, 2.45) is 5.92 Å². The standard InChI is InChI=1S/C18H24N2OS/c1-2-4-12-7-9-13(10-8-12)21-17-16-14-5-3-6-15(14)22-18(16)20-11-19-17/h11-13H,2-10H2,1H3. The lowest BCUT2D eigenvalue weighted by Crippen LogP contribution is -2.24. The van der Waals surface area contributed by atoms with Crippen molar-refractivity contribution < 1.29 is 4.74 Å². The summed E-state index contributed by atoms with van der Waals surface area (Å²) in [6.07, 6.45) is 13.4. The monoisotopic (exact) mass is 316 g/mol. The molecule has 0 N–H and O–H groups in total. The predicted octanol–water partition coefficient (Wildman–Crippen LogP) is 4.92. The lowest BCUT2D eigenvalue weighted by molar-refractivity contribution is 0.125. The fourth-order valence-electron chi connectivity index (χ4n) is 4.09. The highest BCUT2D eigenvalue weighted by atomic mass is 32.1. The second-order valence-corrected chi connectivity index (χ2v) is 7.85. The number of thiophene rings is 1. The van der Waals surface area contributed by atoms with Crippen molar-refractivity contribution in [1.82, 2.24) is 9.97 Å². The van der Waals surface area contributed by atoms with Gasteiger partial charge in [0, 0.05) is 4.88 Å². The van der Waals surface area contributed by atoms with E-state index in [9.17, 15) is 0 Å². The maximum atomic E-state index is 6.33. The van der Waals surface area contributed by atoms with Crippen LogP contribution in [0.3, 0.4) is 0 Å². The van der Waals surface area contributed by atoms with Crippen molar-refractivity contribution in [2.75, 3.05) is 0 Å². The van der Waals surface area contributed by atoms with Gasteiger partial charge >= 0.3 is 0 Å². The molecule has 0 aliphatic heterocycles. The minimum absolute atomic E-state index is 0.350. The molecule has 0 aromatic carbocycles. The maximum absolute atomic E-state index is 6.33. The SMILES string of the molecule is CCCC1CCC(Oc2ncnc3sc4c(c23)CCC4)CC1. The summed E-state index contributed by atoms with van der Waals surface area (Å²) in [5.74, 6) is 1.77. The molecule has 0 saturated heterocycles. The first-order chi connectivity index (χ1) is 10.8. The van der Waals surface area contributed by atoms with Crippen LogP contribution in [-0.2, 0) is 12.8 Å². The van der Waals surface area contributed by atoms with Crippen LogP contribution < -0.4 is 4.74 Å². The zero-order valence-electron chi connectivity index (χ0n) is 13.3. The molecule has 0 amide bonds. The second-order valence-electron chi connectivity index (χ2n) is 6.77. The molecule has 22 heavy (non-hydrogen) atoms. The topological polar surface area (TPSA) is 35.0 Å². The number of fused-ring (bicyclic) bond motifs is 3. The molecule has 2 aliphatic carbocycles. The van der Waals surface area contributed by atoms with E-state index < -0.39 is 0 Å². The van der Waals surface area contributed by atoms with Gasteiger partial charge in [0.15, 0.2) is 0 Å². The van der Waals surface area contributed by atoms with Gasteiger partial charge in [0.25, 0.3) is 0 Å². The Morgan fingerprint density at radius 3 is 2.86 bits per heavy atom. The number of ether oxygens (including phenoxy) is 1. The Morgan fingerprint density at radius 2 is 2.05 bits per heavy atom. The van der Waals surface area contributed by atoms with E-state index in [4.69, 9.17) is 4.74 Å². The van der Waals surface area contributed by atoms with Crippen LogP contribution in [0.15, 0.2) is 6.33 Å². The van der Waals surface area contributed by atoms with Gasteiger partial charge in [-0.2, -0.15) is 0 Å². The summed E-state index contributed by atoms with van der Waals surface area (Å²) in [7, 11) is 0. The Kier molecular flexibility index (Phi) is 4.03. The van der Waals surface area contributed by atoms with Gasteiger partial charge in [-0.3, -0.25) is 0 Å². The van der Waals surface area contributed by atoms with Crippen molar-refractivity contribution in [3.8, 4) is 5.88 Å². The van der Waals surface area contributed by atoms with E-state index in [2.05, 4.69) is 16.9 Å². The van der Waals surface area contributed by atoms with Gasteiger partial charge < -0.3 is 4.74 Å². The highest BCUT2D eigenvalue weighted by Crippen LogP contribution is 2.41. The Bertz CT molecular complexity index is 658. The number of hydrogen-bond acceptors (Lipinski definition) is 4. The Morgan fingerprint density at radius 1 is 1.18 bits per heavy atom. The lowest BCUT2D eigenvalue weighted by Gasteiger charge is -2.28. The lowest BCUT2D eigenvalue weighted by atomic mass is 9.85. The molecule has 0 bridgehead atoms. The smallest absolute Gasteiger partial charge is 0.225 e. The Hall–Kier alpha value is -1.16. The molecule has 3 nitrogen and oxygen atoms in total. The van der Waals surface area contributed by atoms with E-state index in [-0.39, 0.29) is 0 Å². The molecule has 0 radical (unpaired) electrons. The van der Waals surface area contributed by atoms with Crippen molar-refractivity contribution in [3.05, 3.63) is 16.8 Å². The van der Waals surface area contributed by atoms with Crippen LogP contribution in [0.25, 0.3) is 10.2 Å². The van der Waals surface area contributed by atoms with Crippen molar-refractivity contribution in [2.45, 2.75) is 70.8 Å². The van der Waals surface area contributed by atoms with Gasteiger partial charge in [-0.1, -0.05) is 19.8 Å². The molecule has 2 heterocycles. The summed E-state index contributed by atoms with van der Waals surface area (Å²) in [6, 6.07) is 0. The quantitative estimate of drug-likeness (QED) is 0.803. The van der Waals surface area contributed by atoms with E-state index in [1.165, 1.54) is 73.6 Å². The molecule has 2 aromatic heterocycles. The van der Waals surface area contributed by atoms with Gasteiger partial charge in [-0.05, 0) is 56.4 Å². The number of aromatic nitrogens is 2. The zero-order valence-corrected chi connectivity index (χ0v) is 14.1. The molecule has 0 unspecified atom stereocenters. The second kappa shape index (κ2) is 6.15. The summed E-state index contributed by atoms with van der Waals surface area (Å²) >= 11 is 1.84. The van der Waals surface area contributed by atoms with Gasteiger partial charge in [-0.15, -0.1) is 11.3 Å². The molecule has 2 aromatic rings. The molecular weight excluding hydrogens is 292 g/mol. The number of nitrogens with zero attached hydrogens (tertiary/aromatic N) is 2. The average Bonchev–Trinajstić information content (AvgIpc) is 3.10. The maximum Gasteiger partial charge on any atom is 0.225 e. The van der Waals surface area contributed by atoms with E-state index in [0.717, 1.165) is 16.6 Å². The van der Waals surface area contributed by atoms with Crippen LogP contribution in [-0.4, -0.2) is 16.1 Å². The Balaban J connectivity index is 1.53. The number of aryl methyl sites for hydroxylation is 2. The van der Waals surface area contributed by atoms with Crippen LogP contribution in [0.5, 0.6) is 5.88 Å². The highest BCUT2D eigenvalue weighted by Gasteiger charge is 2.26. The van der Waals surface area contributed by atoms with E-state index in [1.54, 1.807) is 6.33 Å². The molecular formula is C18H24N2OS. The Labute approximate surface area is 136 Å². The minimum Gasteiger partial charge on any atom is -0.474 e. The first kappa shape index (κ1) is 14.4. The first-order valence-corrected chi connectivity index (χ1v) is 9.58. The highest BCUT2D eigenvalue weighted by molar-refractivity contribution is 7.18. The molecule has 2 aliphatic rings. The van der Waals surface area contributed by atoms with Gasteiger partial charge in [-0.25, -0.2) is 9.97 Å². The van der Waals surface area contributed by atoms with Crippen LogP contribution in [0.4, 0.5) is 0 Å². The predicted molar refractivity (Wildman–Crippen MR) is 90.7 cm³/mol. The minimum atomic E-state index is 0.350. The molecule has 0 atom stereocenters. The van der Waals surface area contributed by atoms with Crippen LogP contribution in [0, 0.1) is 5.92 Å². The van der Waals surface area contributed by atoms with Gasteiger partial charge in [0.1, 0.15) is 17.3 Å². The van der Waals surface area contributed by atoms with Gasteiger partial charge in [0.05, 0.1) is 5.39 Å². The molecule has 4 heteroatoms. The summed E-state index contributed by atoms with van der Waals surface area (Å²) in [4.78, 5) is 11.6.